The molecule has 1 atom stereocenters. The Morgan fingerprint density at radius 1 is 0.789 bits per heavy atom. The van der Waals surface area contributed by atoms with Crippen molar-refractivity contribution in [2.45, 2.75) is 24.3 Å². The van der Waals surface area contributed by atoms with Crippen LogP contribution in [0.1, 0.15) is 17.2 Å². The van der Waals surface area contributed by atoms with E-state index >= 15 is 0 Å². The maximum Gasteiger partial charge on any atom is 0.455 e. The van der Waals surface area contributed by atoms with Crippen molar-refractivity contribution in [2.24, 2.45) is 5.73 Å². The summed E-state index contributed by atoms with van der Waals surface area (Å²) in [5, 5.41) is 0. The van der Waals surface area contributed by atoms with Gasteiger partial charge in [0.15, 0.2) is 0 Å². The van der Waals surface area contributed by atoms with Gasteiger partial charge < -0.3 is 5.73 Å². The zero-order valence-corrected chi connectivity index (χ0v) is 8.99. The fourth-order valence-electron chi connectivity index (χ4n) is 1.27. The maximum atomic E-state index is 12.9. The van der Waals surface area contributed by atoms with E-state index in [0.29, 0.717) is 24.3 Å². The molecule has 0 aliphatic heterocycles. The number of alkyl halides is 8. The predicted octanol–water partition coefficient (Wildman–Crippen LogP) is 3.90. The van der Waals surface area contributed by atoms with Crippen LogP contribution in [0.5, 0.6) is 0 Å². The molecule has 108 valence electrons. The molecule has 0 unspecified atom stereocenters. The lowest BCUT2D eigenvalue weighted by Crippen LogP contribution is -2.45. The molecule has 19 heavy (non-hydrogen) atoms. The van der Waals surface area contributed by atoms with Crippen LogP contribution in [0.2, 0.25) is 0 Å². The maximum absolute atomic E-state index is 12.9. The molecule has 0 aromatic heterocycles. The van der Waals surface area contributed by atoms with Crippen molar-refractivity contribution in [3.8, 4) is 0 Å². The van der Waals surface area contributed by atoms with Crippen LogP contribution in [0.4, 0.5) is 35.1 Å². The van der Waals surface area contributed by atoms with Crippen LogP contribution < -0.4 is 5.73 Å². The molecule has 0 spiro atoms. The summed E-state index contributed by atoms with van der Waals surface area (Å²) < 4.78 is 98.4. The van der Waals surface area contributed by atoms with Gasteiger partial charge in [-0.2, -0.15) is 35.1 Å². The molecule has 0 saturated heterocycles. The van der Waals surface area contributed by atoms with Crippen LogP contribution >= 0.6 is 0 Å². The first-order valence-electron chi connectivity index (χ1n) is 4.74. The van der Waals surface area contributed by atoms with Gasteiger partial charge in [-0.3, -0.25) is 0 Å². The summed E-state index contributed by atoms with van der Waals surface area (Å²) in [6.45, 7) is 0. The topological polar surface area (TPSA) is 26.0 Å². The zero-order chi connectivity index (χ0) is 15.1. The second-order valence-electron chi connectivity index (χ2n) is 3.72. The van der Waals surface area contributed by atoms with E-state index in [1.165, 1.54) is 0 Å². The first-order valence-corrected chi connectivity index (χ1v) is 4.74. The van der Waals surface area contributed by atoms with Crippen LogP contribution in [0.3, 0.4) is 0 Å². The number of halogens is 8. The first-order chi connectivity index (χ1) is 8.37. The Kier molecular flexibility index (Phi) is 3.81. The largest absolute Gasteiger partial charge is 0.455 e. The van der Waals surface area contributed by atoms with Gasteiger partial charge >= 0.3 is 18.3 Å². The van der Waals surface area contributed by atoms with Gasteiger partial charge in [-0.05, 0) is 17.7 Å². The quantitative estimate of drug-likeness (QED) is 0.822. The van der Waals surface area contributed by atoms with E-state index in [0.717, 1.165) is 0 Å². The Morgan fingerprint density at radius 2 is 1.21 bits per heavy atom. The Hall–Kier alpha value is -1.38. The van der Waals surface area contributed by atoms with Gasteiger partial charge in [0.1, 0.15) is 6.04 Å². The third-order valence-corrected chi connectivity index (χ3v) is 2.37. The van der Waals surface area contributed by atoms with Crippen LogP contribution in [0.25, 0.3) is 0 Å². The second-order valence-corrected chi connectivity index (χ2v) is 3.72. The lowest BCUT2D eigenvalue weighted by molar-refractivity contribution is -0.291. The highest BCUT2D eigenvalue weighted by Gasteiger charge is 2.61. The number of hydrogen-bond donors (Lipinski definition) is 1. The van der Waals surface area contributed by atoms with Crippen molar-refractivity contribution in [2.75, 3.05) is 0 Å². The average Bonchev–Trinajstić information content (AvgIpc) is 2.25. The number of benzene rings is 1. The van der Waals surface area contributed by atoms with Gasteiger partial charge in [-0.15, -0.1) is 0 Å². The van der Waals surface area contributed by atoms with Crippen molar-refractivity contribution in [1.82, 2.24) is 0 Å². The molecule has 1 rings (SSSR count). The number of hydrogen-bond acceptors (Lipinski definition) is 1. The molecule has 0 amide bonds. The van der Waals surface area contributed by atoms with E-state index in [4.69, 9.17) is 5.73 Å². The van der Waals surface area contributed by atoms with E-state index < -0.39 is 35.4 Å². The third-order valence-electron chi connectivity index (χ3n) is 2.37. The molecule has 1 nitrogen and oxygen atoms in total. The summed E-state index contributed by atoms with van der Waals surface area (Å²) in [6, 6.07) is -1.00. The van der Waals surface area contributed by atoms with Gasteiger partial charge in [-0.1, -0.05) is 12.1 Å². The smallest absolute Gasteiger partial charge is 0.319 e. The summed E-state index contributed by atoms with van der Waals surface area (Å²) in [6.07, 6.45) is -10.6. The molecular weight excluding hydrogens is 286 g/mol. The summed E-state index contributed by atoms with van der Waals surface area (Å²) in [7, 11) is 0. The van der Waals surface area contributed by atoms with Crippen molar-refractivity contribution in [3.63, 3.8) is 0 Å². The second kappa shape index (κ2) is 4.62. The molecule has 0 fully saturated rings. The lowest BCUT2D eigenvalue weighted by Gasteiger charge is -2.26. The van der Waals surface area contributed by atoms with E-state index in [-0.39, 0.29) is 0 Å². The third kappa shape index (κ3) is 3.14. The lowest BCUT2D eigenvalue weighted by atomic mass is 9.99. The van der Waals surface area contributed by atoms with Gasteiger partial charge in [-0.25, -0.2) is 0 Å². The van der Waals surface area contributed by atoms with Crippen LogP contribution in [0.15, 0.2) is 24.3 Å². The molecule has 0 heterocycles. The van der Waals surface area contributed by atoms with Gasteiger partial charge in [0.2, 0.25) is 0 Å². The number of rotatable bonds is 2. The van der Waals surface area contributed by atoms with Crippen molar-refractivity contribution >= 4 is 0 Å². The van der Waals surface area contributed by atoms with E-state index in [1.54, 1.807) is 0 Å². The minimum absolute atomic E-state index is 0.391. The molecular formula is C10H7F8N. The fraction of sp³-hybridized carbons (Fsp3) is 0.400. The SMILES string of the molecule is N[C@@H](c1ccc(C(F)(F)F)cc1)C(F)(F)C(F)(F)F. The van der Waals surface area contributed by atoms with Crippen molar-refractivity contribution in [3.05, 3.63) is 35.4 Å². The summed E-state index contributed by atoms with van der Waals surface area (Å²) in [4.78, 5) is 0. The van der Waals surface area contributed by atoms with E-state index in [2.05, 4.69) is 0 Å². The highest BCUT2D eigenvalue weighted by atomic mass is 19.4. The van der Waals surface area contributed by atoms with Gasteiger partial charge in [0.25, 0.3) is 0 Å². The minimum Gasteiger partial charge on any atom is -0.319 e. The molecule has 0 aliphatic rings. The fourth-order valence-corrected chi connectivity index (χ4v) is 1.27. The Labute approximate surface area is 102 Å². The summed E-state index contributed by atoms with van der Waals surface area (Å²) in [5.41, 5.74) is 2.86. The molecule has 1 aromatic rings. The van der Waals surface area contributed by atoms with Crippen LogP contribution in [-0.4, -0.2) is 12.1 Å². The standard InChI is InChI=1S/C10H7F8N/c11-8(12,10(16,17)18)7(19)5-1-3-6(4-2-5)9(13,14)15/h1-4,7H,19H2/t7-/m0/s1. The van der Waals surface area contributed by atoms with Crippen molar-refractivity contribution in [1.29, 1.82) is 0 Å². The average molecular weight is 293 g/mol. The van der Waals surface area contributed by atoms with Crippen molar-refractivity contribution < 1.29 is 35.1 Å². The first kappa shape index (κ1) is 15.7. The molecule has 0 bridgehead atoms. The van der Waals surface area contributed by atoms with E-state index in [9.17, 15) is 35.1 Å². The highest BCUT2D eigenvalue weighted by Crippen LogP contribution is 2.43. The molecule has 0 saturated carbocycles. The number of nitrogens with two attached hydrogens (primary N) is 1. The summed E-state index contributed by atoms with van der Waals surface area (Å²) >= 11 is 0. The van der Waals surface area contributed by atoms with Crippen LogP contribution in [0, 0.1) is 0 Å². The Morgan fingerprint density at radius 3 is 1.53 bits per heavy atom. The van der Waals surface area contributed by atoms with Crippen LogP contribution in [-0.2, 0) is 6.18 Å². The normalized spacial score (nSPS) is 15.4. The Bertz CT molecular complexity index is 430. The van der Waals surface area contributed by atoms with Gasteiger partial charge in [0.05, 0.1) is 5.56 Å². The Balaban J connectivity index is 3.06. The molecule has 0 aliphatic carbocycles. The molecule has 1 aromatic carbocycles. The van der Waals surface area contributed by atoms with Gasteiger partial charge in [0, 0.05) is 0 Å². The molecule has 2 N–H and O–H groups in total. The monoisotopic (exact) mass is 293 g/mol. The van der Waals surface area contributed by atoms with E-state index in [1.807, 2.05) is 0 Å². The molecule has 9 heteroatoms. The molecule has 0 radical (unpaired) electrons. The predicted molar refractivity (Wildman–Crippen MR) is 49.4 cm³/mol. The highest BCUT2D eigenvalue weighted by molar-refractivity contribution is 5.28. The zero-order valence-electron chi connectivity index (χ0n) is 8.99. The minimum atomic E-state index is -5.88. The summed E-state index contributed by atoms with van der Waals surface area (Å²) in [5.74, 6) is -5.23.